The lowest BCUT2D eigenvalue weighted by Crippen LogP contribution is -2.54. The van der Waals surface area contributed by atoms with E-state index in [4.69, 9.17) is 28.6 Å². The van der Waals surface area contributed by atoms with Crippen LogP contribution in [-0.4, -0.2) is 28.1 Å². The molecule has 2 heterocycles. The van der Waals surface area contributed by atoms with Crippen molar-refractivity contribution in [3.05, 3.63) is 81.9 Å². The number of benzene rings is 2. The summed E-state index contributed by atoms with van der Waals surface area (Å²) in [5.41, 5.74) is 3.37. The summed E-state index contributed by atoms with van der Waals surface area (Å²) in [6, 6.07) is 13.1. The van der Waals surface area contributed by atoms with Gasteiger partial charge in [0.25, 0.3) is 11.8 Å². The number of halogens is 2. The molecule has 1 saturated heterocycles. The smallest absolute Gasteiger partial charge is 0.270 e. The number of ether oxygens (including phenoxy) is 1. The number of nitrogens with one attached hydrogen (secondary N) is 1. The molecular formula is C25H21ClFN3O3S. The summed E-state index contributed by atoms with van der Waals surface area (Å²) in [6.45, 7) is 6.12. The van der Waals surface area contributed by atoms with Crippen molar-refractivity contribution in [2.45, 2.75) is 20.8 Å². The fourth-order valence-corrected chi connectivity index (χ4v) is 4.32. The standard InChI is InChI=1S/C25H21ClFN3O3S/c1-4-33-19-8-5-17(6-9-19)30-24(32)20(23(31)28-25(30)34)12-16-11-14(2)29(15(16)3)18-7-10-22(27)21(26)13-18/h5-13H,4H2,1-3H3,(H,28,31,34)/b20-12+. The number of rotatable bonds is 5. The van der Waals surface area contributed by atoms with E-state index >= 15 is 0 Å². The maximum atomic E-state index is 13.6. The second-order valence-electron chi connectivity index (χ2n) is 7.65. The highest BCUT2D eigenvalue weighted by atomic mass is 35.5. The van der Waals surface area contributed by atoms with Gasteiger partial charge in [0.1, 0.15) is 17.1 Å². The topological polar surface area (TPSA) is 63.6 Å². The van der Waals surface area contributed by atoms with Gasteiger partial charge in [-0.15, -0.1) is 0 Å². The van der Waals surface area contributed by atoms with E-state index in [1.807, 2.05) is 31.4 Å². The lowest BCUT2D eigenvalue weighted by Gasteiger charge is -2.29. The van der Waals surface area contributed by atoms with Crippen LogP contribution >= 0.6 is 23.8 Å². The first-order valence-electron chi connectivity index (χ1n) is 10.5. The molecule has 2 amide bonds. The van der Waals surface area contributed by atoms with E-state index in [0.717, 1.165) is 11.4 Å². The first-order valence-corrected chi connectivity index (χ1v) is 11.3. The molecule has 0 bridgehead atoms. The number of hydrogen-bond donors (Lipinski definition) is 1. The van der Waals surface area contributed by atoms with Gasteiger partial charge < -0.3 is 9.30 Å². The Balaban J connectivity index is 1.72. The largest absolute Gasteiger partial charge is 0.494 e. The van der Waals surface area contributed by atoms with Gasteiger partial charge in [-0.05, 0) is 93.2 Å². The van der Waals surface area contributed by atoms with Crippen LogP contribution < -0.4 is 15.0 Å². The highest BCUT2D eigenvalue weighted by Gasteiger charge is 2.34. The van der Waals surface area contributed by atoms with Gasteiger partial charge in [-0.2, -0.15) is 0 Å². The molecule has 6 nitrogen and oxygen atoms in total. The van der Waals surface area contributed by atoms with E-state index in [1.54, 1.807) is 30.3 Å². The van der Waals surface area contributed by atoms with Crippen molar-refractivity contribution >= 4 is 52.5 Å². The lowest BCUT2D eigenvalue weighted by atomic mass is 10.1. The lowest BCUT2D eigenvalue weighted by molar-refractivity contribution is -0.122. The van der Waals surface area contributed by atoms with Gasteiger partial charge in [0, 0.05) is 17.1 Å². The van der Waals surface area contributed by atoms with E-state index in [2.05, 4.69) is 5.32 Å². The highest BCUT2D eigenvalue weighted by molar-refractivity contribution is 7.80. The van der Waals surface area contributed by atoms with Gasteiger partial charge in [-0.1, -0.05) is 11.6 Å². The Morgan fingerprint density at radius 2 is 1.76 bits per heavy atom. The summed E-state index contributed by atoms with van der Waals surface area (Å²) >= 11 is 11.2. The van der Waals surface area contributed by atoms with Gasteiger partial charge in [0.2, 0.25) is 0 Å². The molecule has 1 aromatic heterocycles. The number of nitrogens with zero attached hydrogens (tertiary/aromatic N) is 2. The second-order valence-corrected chi connectivity index (χ2v) is 8.44. The predicted molar refractivity (Wildman–Crippen MR) is 134 cm³/mol. The van der Waals surface area contributed by atoms with Crippen LogP contribution in [0.15, 0.2) is 54.1 Å². The molecule has 9 heteroatoms. The molecular weight excluding hydrogens is 477 g/mol. The monoisotopic (exact) mass is 497 g/mol. The fourth-order valence-electron chi connectivity index (χ4n) is 3.86. The summed E-state index contributed by atoms with van der Waals surface area (Å²) in [4.78, 5) is 27.3. The third kappa shape index (κ3) is 4.34. The van der Waals surface area contributed by atoms with E-state index in [9.17, 15) is 14.0 Å². The van der Waals surface area contributed by atoms with Gasteiger partial charge >= 0.3 is 0 Å². The van der Waals surface area contributed by atoms with Crippen LogP contribution in [0.25, 0.3) is 11.8 Å². The van der Waals surface area contributed by atoms with E-state index in [0.29, 0.717) is 29.3 Å². The second kappa shape index (κ2) is 9.40. The molecule has 1 N–H and O–H groups in total. The minimum Gasteiger partial charge on any atom is -0.494 e. The molecule has 0 spiro atoms. The van der Waals surface area contributed by atoms with E-state index in [1.165, 1.54) is 23.1 Å². The summed E-state index contributed by atoms with van der Waals surface area (Å²) in [7, 11) is 0. The molecule has 0 atom stereocenters. The zero-order chi connectivity index (χ0) is 24.6. The Morgan fingerprint density at radius 3 is 2.41 bits per heavy atom. The Hall–Kier alpha value is -3.49. The first kappa shape index (κ1) is 23.7. The van der Waals surface area contributed by atoms with Crippen molar-refractivity contribution in [1.82, 2.24) is 9.88 Å². The number of thiocarbonyl (C=S) groups is 1. The van der Waals surface area contributed by atoms with Crippen molar-refractivity contribution < 1.29 is 18.7 Å². The number of aryl methyl sites for hydroxylation is 1. The summed E-state index contributed by atoms with van der Waals surface area (Å²) in [5.74, 6) is -0.959. The average Bonchev–Trinajstić information content (AvgIpc) is 3.07. The van der Waals surface area contributed by atoms with Crippen molar-refractivity contribution in [3.8, 4) is 11.4 Å². The Bertz CT molecular complexity index is 1350. The minimum absolute atomic E-state index is 0.00253. The number of hydrogen-bond acceptors (Lipinski definition) is 4. The Morgan fingerprint density at radius 1 is 1.09 bits per heavy atom. The SMILES string of the molecule is CCOc1ccc(N2C(=O)/C(=C/c3cc(C)n(-c4ccc(F)c(Cl)c4)c3C)C(=O)NC2=S)cc1. The molecule has 1 aliphatic rings. The molecule has 34 heavy (non-hydrogen) atoms. The normalized spacial score (nSPS) is 15.1. The summed E-state index contributed by atoms with van der Waals surface area (Å²) < 4.78 is 21.0. The van der Waals surface area contributed by atoms with Gasteiger partial charge in [-0.25, -0.2) is 4.39 Å². The van der Waals surface area contributed by atoms with Crippen LogP contribution in [-0.2, 0) is 9.59 Å². The quantitative estimate of drug-likeness (QED) is 0.302. The summed E-state index contributed by atoms with van der Waals surface area (Å²) in [5, 5.41) is 2.60. The van der Waals surface area contributed by atoms with Crippen molar-refractivity contribution in [1.29, 1.82) is 0 Å². The highest BCUT2D eigenvalue weighted by Crippen LogP contribution is 2.28. The molecule has 3 aromatic rings. The number of carbonyl (C=O) groups excluding carboxylic acids is 2. The molecule has 2 aromatic carbocycles. The zero-order valence-electron chi connectivity index (χ0n) is 18.7. The molecule has 1 fully saturated rings. The number of carbonyl (C=O) groups is 2. The van der Waals surface area contributed by atoms with E-state index < -0.39 is 17.6 Å². The molecule has 0 aliphatic carbocycles. The predicted octanol–water partition coefficient (Wildman–Crippen LogP) is 5.12. The Kier molecular flexibility index (Phi) is 6.54. The maximum Gasteiger partial charge on any atom is 0.270 e. The van der Waals surface area contributed by atoms with Crippen molar-refractivity contribution in [3.63, 3.8) is 0 Å². The van der Waals surface area contributed by atoms with Crippen molar-refractivity contribution in [2.24, 2.45) is 0 Å². The third-order valence-corrected chi connectivity index (χ3v) is 6.01. The number of amides is 2. The zero-order valence-corrected chi connectivity index (χ0v) is 20.3. The van der Waals surface area contributed by atoms with Crippen LogP contribution in [0.2, 0.25) is 5.02 Å². The van der Waals surface area contributed by atoms with E-state index in [-0.39, 0.29) is 15.7 Å². The number of anilines is 1. The molecule has 1 aliphatic heterocycles. The third-order valence-electron chi connectivity index (χ3n) is 5.44. The minimum atomic E-state index is -0.577. The van der Waals surface area contributed by atoms with Crippen LogP contribution in [0.3, 0.4) is 0 Å². The summed E-state index contributed by atoms with van der Waals surface area (Å²) in [6.07, 6.45) is 1.53. The maximum absolute atomic E-state index is 13.6. The van der Waals surface area contributed by atoms with Crippen LogP contribution in [0.4, 0.5) is 10.1 Å². The Labute approximate surface area is 206 Å². The average molecular weight is 498 g/mol. The van der Waals surface area contributed by atoms with Crippen LogP contribution in [0.5, 0.6) is 5.75 Å². The molecule has 0 radical (unpaired) electrons. The fraction of sp³-hybridized carbons (Fsp3) is 0.160. The molecule has 0 saturated carbocycles. The van der Waals surface area contributed by atoms with Gasteiger partial charge in [-0.3, -0.25) is 19.8 Å². The number of aromatic nitrogens is 1. The molecule has 4 rings (SSSR count). The van der Waals surface area contributed by atoms with Crippen molar-refractivity contribution in [2.75, 3.05) is 11.5 Å². The molecule has 0 unspecified atom stereocenters. The molecule has 174 valence electrons. The van der Waals surface area contributed by atoms with Gasteiger partial charge in [0.15, 0.2) is 5.11 Å². The van der Waals surface area contributed by atoms with Gasteiger partial charge in [0.05, 0.1) is 17.3 Å². The first-order chi connectivity index (χ1) is 16.2. The van der Waals surface area contributed by atoms with Crippen LogP contribution in [0, 0.1) is 19.7 Å². The van der Waals surface area contributed by atoms with Crippen LogP contribution in [0.1, 0.15) is 23.9 Å².